The topological polar surface area (TPSA) is 25.2 Å². The molecule has 0 aliphatic rings. The van der Waals surface area contributed by atoms with Crippen LogP contribution in [0.1, 0.15) is 11.1 Å². The highest BCUT2D eigenvalue weighted by Gasteiger charge is 2.00. The van der Waals surface area contributed by atoms with Gasteiger partial charge in [0, 0.05) is 24.0 Å². The molecule has 1 heterocycles. The van der Waals surface area contributed by atoms with Crippen molar-refractivity contribution in [1.29, 1.82) is 0 Å². The summed E-state index contributed by atoms with van der Waals surface area (Å²) in [6.07, 6.45) is 3.86. The number of rotatable bonds is 3. The van der Waals surface area contributed by atoms with Crippen LogP contribution < -0.4 is 0 Å². The number of aromatic nitrogens is 1. The van der Waals surface area contributed by atoms with E-state index in [1.54, 1.807) is 0 Å². The number of hydrogen-bond acceptors (Lipinski definition) is 1. The van der Waals surface area contributed by atoms with Crippen LogP contribution in [0.5, 0.6) is 0 Å². The minimum absolute atomic E-state index is 0.0789. The second-order valence-electron chi connectivity index (χ2n) is 3.44. The van der Waals surface area contributed by atoms with Crippen LogP contribution in [0, 0.1) is 0 Å². The van der Waals surface area contributed by atoms with Gasteiger partial charge in [-0.3, -0.25) is 0 Å². The molecule has 0 aliphatic carbocycles. The molecule has 0 saturated carbocycles. The second-order valence-corrected chi connectivity index (χ2v) is 3.85. The van der Waals surface area contributed by atoms with E-state index in [4.69, 9.17) is 16.7 Å². The van der Waals surface area contributed by atoms with Gasteiger partial charge >= 0.3 is 0 Å². The van der Waals surface area contributed by atoms with Crippen molar-refractivity contribution >= 4 is 11.6 Å². The highest BCUT2D eigenvalue weighted by atomic mass is 35.5. The second kappa shape index (κ2) is 4.51. The van der Waals surface area contributed by atoms with Crippen molar-refractivity contribution < 1.29 is 5.11 Å². The van der Waals surface area contributed by atoms with E-state index in [0.717, 1.165) is 22.7 Å². The Morgan fingerprint density at radius 2 is 2.00 bits per heavy atom. The van der Waals surface area contributed by atoms with E-state index in [0.29, 0.717) is 0 Å². The molecule has 2 nitrogen and oxygen atoms in total. The summed E-state index contributed by atoms with van der Waals surface area (Å²) in [5.74, 6) is 0. The Hall–Kier alpha value is -1.25. The van der Waals surface area contributed by atoms with Crippen molar-refractivity contribution in [2.75, 3.05) is 0 Å². The molecule has 3 heteroatoms. The van der Waals surface area contributed by atoms with Gasteiger partial charge < -0.3 is 9.67 Å². The van der Waals surface area contributed by atoms with Crippen LogP contribution in [-0.4, -0.2) is 9.67 Å². The fraction of sp³-hybridized carbons (Fsp3) is 0.167. The van der Waals surface area contributed by atoms with Crippen LogP contribution in [-0.2, 0) is 13.2 Å². The maximum absolute atomic E-state index is 8.93. The van der Waals surface area contributed by atoms with Crippen molar-refractivity contribution in [2.45, 2.75) is 13.2 Å². The quantitative estimate of drug-likeness (QED) is 0.847. The van der Waals surface area contributed by atoms with Gasteiger partial charge in [0.1, 0.15) is 0 Å². The SMILES string of the molecule is OCc1ccn(Cc2ccccc2Cl)c1. The van der Waals surface area contributed by atoms with Gasteiger partial charge in [0.15, 0.2) is 0 Å². The zero-order valence-electron chi connectivity index (χ0n) is 8.23. The fourth-order valence-corrected chi connectivity index (χ4v) is 1.70. The molecule has 2 aromatic rings. The van der Waals surface area contributed by atoms with Gasteiger partial charge in [-0.05, 0) is 23.3 Å². The number of aliphatic hydroxyl groups is 1. The van der Waals surface area contributed by atoms with Crippen LogP contribution in [0.2, 0.25) is 5.02 Å². The summed E-state index contributed by atoms with van der Waals surface area (Å²) >= 11 is 6.05. The van der Waals surface area contributed by atoms with E-state index in [9.17, 15) is 0 Å². The Morgan fingerprint density at radius 3 is 2.67 bits per heavy atom. The lowest BCUT2D eigenvalue weighted by molar-refractivity contribution is 0.282. The normalized spacial score (nSPS) is 10.5. The highest BCUT2D eigenvalue weighted by Crippen LogP contribution is 2.16. The minimum Gasteiger partial charge on any atom is -0.392 e. The lowest BCUT2D eigenvalue weighted by atomic mass is 10.2. The smallest absolute Gasteiger partial charge is 0.0696 e. The van der Waals surface area contributed by atoms with Crippen LogP contribution in [0.3, 0.4) is 0 Å². The third kappa shape index (κ3) is 2.41. The van der Waals surface area contributed by atoms with E-state index >= 15 is 0 Å². The van der Waals surface area contributed by atoms with E-state index < -0.39 is 0 Å². The van der Waals surface area contributed by atoms with Gasteiger partial charge in [-0.2, -0.15) is 0 Å². The molecule has 15 heavy (non-hydrogen) atoms. The molecule has 0 radical (unpaired) electrons. The lowest BCUT2D eigenvalue weighted by Gasteiger charge is -2.04. The average molecular weight is 222 g/mol. The summed E-state index contributed by atoms with van der Waals surface area (Å²) in [6.45, 7) is 0.815. The first-order valence-electron chi connectivity index (χ1n) is 4.78. The summed E-state index contributed by atoms with van der Waals surface area (Å²) < 4.78 is 2.01. The first kappa shape index (κ1) is 10.3. The maximum Gasteiger partial charge on any atom is 0.0696 e. The van der Waals surface area contributed by atoms with E-state index in [1.807, 2.05) is 47.3 Å². The van der Waals surface area contributed by atoms with Gasteiger partial charge in [0.25, 0.3) is 0 Å². The highest BCUT2D eigenvalue weighted by molar-refractivity contribution is 6.31. The van der Waals surface area contributed by atoms with Gasteiger partial charge in [0.05, 0.1) is 6.61 Å². The van der Waals surface area contributed by atoms with Gasteiger partial charge in [-0.15, -0.1) is 0 Å². The summed E-state index contributed by atoms with van der Waals surface area (Å²) in [7, 11) is 0. The van der Waals surface area contributed by atoms with Crippen molar-refractivity contribution in [2.24, 2.45) is 0 Å². The summed E-state index contributed by atoms with van der Waals surface area (Å²) in [5.41, 5.74) is 2.00. The minimum atomic E-state index is 0.0789. The molecule has 0 unspecified atom stereocenters. The molecule has 0 amide bonds. The lowest BCUT2D eigenvalue weighted by Crippen LogP contribution is -1.96. The number of nitrogens with zero attached hydrogens (tertiary/aromatic N) is 1. The Labute approximate surface area is 93.7 Å². The van der Waals surface area contributed by atoms with Crippen LogP contribution in [0.25, 0.3) is 0 Å². The molecule has 2 rings (SSSR count). The molecule has 0 aliphatic heterocycles. The van der Waals surface area contributed by atoms with E-state index in [2.05, 4.69) is 0 Å². The Bertz CT molecular complexity index is 450. The largest absolute Gasteiger partial charge is 0.392 e. The number of benzene rings is 1. The monoisotopic (exact) mass is 221 g/mol. The fourth-order valence-electron chi connectivity index (χ4n) is 1.51. The first-order chi connectivity index (χ1) is 7.29. The molecule has 0 saturated heterocycles. The molecule has 78 valence electrons. The standard InChI is InChI=1S/C12H12ClNO/c13-12-4-2-1-3-11(12)8-14-6-5-10(7-14)9-15/h1-7,15H,8-9H2. The Morgan fingerprint density at radius 1 is 1.20 bits per heavy atom. The molecule has 0 atom stereocenters. The molecule has 1 N–H and O–H groups in total. The first-order valence-corrected chi connectivity index (χ1v) is 5.16. The van der Waals surface area contributed by atoms with Crippen molar-refractivity contribution in [3.05, 3.63) is 58.9 Å². The predicted octanol–water partition coefficient (Wildman–Crippen LogP) is 2.68. The number of hydrogen-bond donors (Lipinski definition) is 1. The summed E-state index contributed by atoms with van der Waals surface area (Å²) in [5, 5.41) is 9.71. The third-order valence-corrected chi connectivity index (χ3v) is 2.67. The molecule has 1 aromatic heterocycles. The van der Waals surface area contributed by atoms with Crippen molar-refractivity contribution in [3.8, 4) is 0 Å². The third-order valence-electron chi connectivity index (χ3n) is 2.31. The average Bonchev–Trinajstić information content (AvgIpc) is 2.69. The molecular weight excluding hydrogens is 210 g/mol. The van der Waals surface area contributed by atoms with Gasteiger partial charge in [-0.1, -0.05) is 29.8 Å². The maximum atomic E-state index is 8.93. The molecule has 1 aromatic carbocycles. The molecule has 0 fully saturated rings. The van der Waals surface area contributed by atoms with Gasteiger partial charge in [-0.25, -0.2) is 0 Å². The van der Waals surface area contributed by atoms with Gasteiger partial charge in [0.2, 0.25) is 0 Å². The van der Waals surface area contributed by atoms with Crippen molar-refractivity contribution in [3.63, 3.8) is 0 Å². The zero-order chi connectivity index (χ0) is 10.7. The number of halogens is 1. The van der Waals surface area contributed by atoms with Crippen LogP contribution in [0.4, 0.5) is 0 Å². The predicted molar refractivity (Wildman–Crippen MR) is 60.9 cm³/mol. The Kier molecular flexibility index (Phi) is 3.09. The van der Waals surface area contributed by atoms with E-state index in [1.165, 1.54) is 0 Å². The summed E-state index contributed by atoms with van der Waals surface area (Å²) in [6, 6.07) is 9.67. The van der Waals surface area contributed by atoms with E-state index in [-0.39, 0.29) is 6.61 Å². The molecule has 0 spiro atoms. The van der Waals surface area contributed by atoms with Crippen molar-refractivity contribution in [1.82, 2.24) is 4.57 Å². The summed E-state index contributed by atoms with van der Waals surface area (Å²) in [4.78, 5) is 0. The molecular formula is C12H12ClNO. The van der Waals surface area contributed by atoms with Crippen LogP contribution >= 0.6 is 11.6 Å². The Balaban J connectivity index is 2.18. The zero-order valence-corrected chi connectivity index (χ0v) is 8.98. The molecule has 0 bridgehead atoms. The van der Waals surface area contributed by atoms with Crippen LogP contribution in [0.15, 0.2) is 42.7 Å². The number of aliphatic hydroxyl groups excluding tert-OH is 1.